The highest BCUT2D eigenvalue weighted by Crippen LogP contribution is 2.25. The molecule has 3 aromatic rings. The van der Waals surface area contributed by atoms with Crippen LogP contribution in [0.25, 0.3) is 10.9 Å². The molecule has 21 heavy (non-hydrogen) atoms. The van der Waals surface area contributed by atoms with E-state index in [4.69, 9.17) is 0 Å². The maximum Gasteiger partial charge on any atom is 0.153 e. The van der Waals surface area contributed by atoms with Crippen LogP contribution in [0.5, 0.6) is 0 Å². The second-order valence-electron chi connectivity index (χ2n) is 4.83. The van der Waals surface area contributed by atoms with Gasteiger partial charge in [-0.1, -0.05) is 18.2 Å². The summed E-state index contributed by atoms with van der Waals surface area (Å²) in [6.07, 6.45) is 0.870. The van der Waals surface area contributed by atoms with E-state index in [2.05, 4.69) is 32.4 Å². The maximum absolute atomic E-state index is 11.4. The number of carbonyl (C=O) groups is 1. The Morgan fingerprint density at radius 2 is 2.14 bits per heavy atom. The summed E-state index contributed by atoms with van der Waals surface area (Å²) in [5.74, 6) is 0.714. The molecule has 2 aromatic heterocycles. The van der Waals surface area contributed by atoms with Crippen molar-refractivity contribution in [3.63, 3.8) is 0 Å². The molecule has 3 nitrogen and oxygen atoms in total. The van der Waals surface area contributed by atoms with Gasteiger partial charge in [-0.15, -0.1) is 11.3 Å². The first-order valence-electron chi connectivity index (χ1n) is 6.46. The zero-order valence-electron chi connectivity index (χ0n) is 11.4. The van der Waals surface area contributed by atoms with E-state index in [1.54, 1.807) is 11.3 Å². The summed E-state index contributed by atoms with van der Waals surface area (Å²) in [6, 6.07) is 11.8. The van der Waals surface area contributed by atoms with E-state index in [0.29, 0.717) is 17.9 Å². The zero-order valence-corrected chi connectivity index (χ0v) is 13.8. The Hall–Kier alpha value is -1.72. The van der Waals surface area contributed by atoms with Crippen LogP contribution in [-0.4, -0.2) is 18.3 Å². The Morgan fingerprint density at radius 3 is 2.86 bits per heavy atom. The SMILES string of the molecule is CN(Cc1csc(Br)c1)c1nc2ccccc2cc1C=O. The summed E-state index contributed by atoms with van der Waals surface area (Å²) in [5.41, 5.74) is 2.71. The van der Waals surface area contributed by atoms with E-state index in [1.165, 1.54) is 5.56 Å². The first-order chi connectivity index (χ1) is 10.2. The fourth-order valence-electron chi connectivity index (χ4n) is 2.29. The van der Waals surface area contributed by atoms with Crippen LogP contribution in [0.15, 0.2) is 45.6 Å². The average molecular weight is 361 g/mol. The minimum atomic E-state index is 0.616. The predicted molar refractivity (Wildman–Crippen MR) is 91.3 cm³/mol. The number of benzene rings is 1. The van der Waals surface area contributed by atoms with Crippen LogP contribution in [0.4, 0.5) is 5.82 Å². The molecule has 0 spiro atoms. The van der Waals surface area contributed by atoms with Gasteiger partial charge < -0.3 is 4.90 Å². The fraction of sp³-hybridized carbons (Fsp3) is 0.125. The van der Waals surface area contributed by atoms with Gasteiger partial charge >= 0.3 is 0 Å². The van der Waals surface area contributed by atoms with Gasteiger partial charge in [-0.3, -0.25) is 4.79 Å². The van der Waals surface area contributed by atoms with Crippen molar-refractivity contribution in [1.82, 2.24) is 4.98 Å². The highest BCUT2D eigenvalue weighted by Gasteiger charge is 2.12. The van der Waals surface area contributed by atoms with Gasteiger partial charge in [0.1, 0.15) is 5.82 Å². The predicted octanol–water partition coefficient (Wildman–Crippen LogP) is 4.51. The molecule has 0 N–H and O–H groups in total. The highest BCUT2D eigenvalue weighted by molar-refractivity contribution is 9.11. The Balaban J connectivity index is 1.99. The quantitative estimate of drug-likeness (QED) is 0.641. The van der Waals surface area contributed by atoms with E-state index in [-0.39, 0.29) is 0 Å². The van der Waals surface area contributed by atoms with Crippen molar-refractivity contribution in [3.8, 4) is 0 Å². The van der Waals surface area contributed by atoms with Crippen LogP contribution in [0.3, 0.4) is 0 Å². The number of fused-ring (bicyclic) bond motifs is 1. The second kappa shape index (κ2) is 5.95. The normalized spacial score (nSPS) is 10.8. The van der Waals surface area contributed by atoms with Crippen LogP contribution in [0, 0.1) is 0 Å². The lowest BCUT2D eigenvalue weighted by molar-refractivity contribution is 0.112. The van der Waals surface area contributed by atoms with Crippen LogP contribution in [0.1, 0.15) is 15.9 Å². The van der Waals surface area contributed by atoms with Gasteiger partial charge in [-0.25, -0.2) is 4.98 Å². The minimum Gasteiger partial charge on any atom is -0.355 e. The van der Waals surface area contributed by atoms with E-state index in [9.17, 15) is 4.79 Å². The molecule has 3 rings (SSSR count). The number of hydrogen-bond acceptors (Lipinski definition) is 4. The number of hydrogen-bond donors (Lipinski definition) is 0. The third kappa shape index (κ3) is 2.99. The first kappa shape index (κ1) is 14.2. The summed E-state index contributed by atoms with van der Waals surface area (Å²) in [7, 11) is 1.95. The van der Waals surface area contributed by atoms with Gasteiger partial charge in [-0.2, -0.15) is 0 Å². The molecule has 106 valence electrons. The van der Waals surface area contributed by atoms with Crippen molar-refractivity contribution in [1.29, 1.82) is 0 Å². The van der Waals surface area contributed by atoms with Crippen molar-refractivity contribution in [2.45, 2.75) is 6.54 Å². The van der Waals surface area contributed by atoms with E-state index in [0.717, 1.165) is 21.0 Å². The molecular weight excluding hydrogens is 348 g/mol. The number of anilines is 1. The molecule has 2 heterocycles. The monoisotopic (exact) mass is 360 g/mol. The van der Waals surface area contributed by atoms with Crippen LogP contribution in [-0.2, 0) is 6.54 Å². The minimum absolute atomic E-state index is 0.616. The van der Waals surface area contributed by atoms with E-state index < -0.39 is 0 Å². The summed E-state index contributed by atoms with van der Waals surface area (Å²) < 4.78 is 1.10. The highest BCUT2D eigenvalue weighted by atomic mass is 79.9. The largest absolute Gasteiger partial charge is 0.355 e. The van der Waals surface area contributed by atoms with Gasteiger partial charge in [0.25, 0.3) is 0 Å². The number of nitrogens with zero attached hydrogens (tertiary/aromatic N) is 2. The molecule has 0 aliphatic carbocycles. The molecule has 0 aliphatic heterocycles. The molecule has 0 aliphatic rings. The van der Waals surface area contributed by atoms with Crippen LogP contribution >= 0.6 is 27.3 Å². The Bertz CT molecular complexity index is 800. The maximum atomic E-state index is 11.4. The number of rotatable bonds is 4. The molecular formula is C16H13BrN2OS. The molecule has 0 amide bonds. The van der Waals surface area contributed by atoms with Gasteiger partial charge in [-0.05, 0) is 45.1 Å². The van der Waals surface area contributed by atoms with Crippen LogP contribution < -0.4 is 4.90 Å². The van der Waals surface area contributed by atoms with E-state index >= 15 is 0 Å². The zero-order chi connectivity index (χ0) is 14.8. The van der Waals surface area contributed by atoms with Crippen molar-refractivity contribution in [2.24, 2.45) is 0 Å². The Kier molecular flexibility index (Phi) is 4.03. The summed E-state index contributed by atoms with van der Waals surface area (Å²) in [4.78, 5) is 18.0. The molecule has 0 atom stereocenters. The lowest BCUT2D eigenvalue weighted by Gasteiger charge is -2.19. The number of carbonyl (C=O) groups excluding carboxylic acids is 1. The van der Waals surface area contributed by atoms with Gasteiger partial charge in [0, 0.05) is 19.0 Å². The lowest BCUT2D eigenvalue weighted by atomic mass is 10.1. The average Bonchev–Trinajstić information content (AvgIpc) is 2.90. The lowest BCUT2D eigenvalue weighted by Crippen LogP contribution is -2.19. The molecule has 1 aromatic carbocycles. The second-order valence-corrected chi connectivity index (χ2v) is 7.12. The van der Waals surface area contributed by atoms with Gasteiger partial charge in [0.05, 0.1) is 14.9 Å². The Labute approximate surface area is 135 Å². The number of pyridine rings is 1. The van der Waals surface area contributed by atoms with Gasteiger partial charge in [0.2, 0.25) is 0 Å². The number of aromatic nitrogens is 1. The third-order valence-electron chi connectivity index (χ3n) is 3.26. The molecule has 0 fully saturated rings. The smallest absolute Gasteiger partial charge is 0.153 e. The fourth-order valence-corrected chi connectivity index (χ4v) is 3.49. The molecule has 0 radical (unpaired) electrons. The standard InChI is InChI=1S/C16H13BrN2OS/c1-19(8-11-6-15(17)21-10-11)16-13(9-20)7-12-4-2-3-5-14(12)18-16/h2-7,9-10H,8H2,1H3. The van der Waals surface area contributed by atoms with Gasteiger partial charge in [0.15, 0.2) is 6.29 Å². The molecule has 0 saturated heterocycles. The van der Waals surface area contributed by atoms with Crippen molar-refractivity contribution < 1.29 is 4.79 Å². The van der Waals surface area contributed by atoms with Crippen molar-refractivity contribution in [3.05, 3.63) is 56.7 Å². The number of aldehydes is 1. The van der Waals surface area contributed by atoms with Crippen molar-refractivity contribution in [2.75, 3.05) is 11.9 Å². The summed E-state index contributed by atoms with van der Waals surface area (Å²) in [6.45, 7) is 0.717. The number of para-hydroxylation sites is 1. The molecule has 0 bridgehead atoms. The number of thiophene rings is 1. The first-order valence-corrected chi connectivity index (χ1v) is 8.13. The summed E-state index contributed by atoms with van der Waals surface area (Å²) >= 11 is 5.12. The molecule has 0 unspecified atom stereocenters. The molecule has 5 heteroatoms. The topological polar surface area (TPSA) is 33.2 Å². The third-order valence-corrected chi connectivity index (χ3v) is 4.82. The van der Waals surface area contributed by atoms with Crippen molar-refractivity contribution >= 4 is 50.3 Å². The van der Waals surface area contributed by atoms with E-state index in [1.807, 2.05) is 42.3 Å². The summed E-state index contributed by atoms with van der Waals surface area (Å²) in [5, 5.41) is 3.08. The van der Waals surface area contributed by atoms with Crippen LogP contribution in [0.2, 0.25) is 0 Å². The number of halogens is 1. The molecule has 0 saturated carbocycles. The Morgan fingerprint density at radius 1 is 1.33 bits per heavy atom.